The van der Waals surface area contributed by atoms with Crippen molar-refractivity contribution in [1.29, 1.82) is 0 Å². The van der Waals surface area contributed by atoms with E-state index in [0.29, 0.717) is 16.5 Å². The fourth-order valence-electron chi connectivity index (χ4n) is 4.35. The number of amides is 3. The zero-order chi connectivity index (χ0) is 25.9. The van der Waals surface area contributed by atoms with E-state index in [9.17, 15) is 14.4 Å². The Balaban J connectivity index is 1.42. The van der Waals surface area contributed by atoms with Crippen LogP contribution < -0.4 is 5.32 Å². The van der Waals surface area contributed by atoms with Gasteiger partial charge in [0.15, 0.2) is 0 Å². The van der Waals surface area contributed by atoms with Crippen molar-refractivity contribution in [2.45, 2.75) is 33.0 Å². The number of para-hydroxylation sites is 1. The fraction of sp³-hybridized carbons (Fsp3) is 0.179. The smallest absolute Gasteiger partial charge is 0.293 e. The fourth-order valence-corrected chi connectivity index (χ4v) is 5.95. The summed E-state index contributed by atoms with van der Waals surface area (Å²) in [7, 11) is 0. The van der Waals surface area contributed by atoms with Gasteiger partial charge in [-0.25, -0.2) is 0 Å². The van der Waals surface area contributed by atoms with E-state index in [0.717, 1.165) is 50.7 Å². The van der Waals surface area contributed by atoms with Gasteiger partial charge in [0, 0.05) is 27.0 Å². The minimum Gasteiger partial charge on any atom is -0.350 e. The van der Waals surface area contributed by atoms with Crippen LogP contribution in [0.3, 0.4) is 0 Å². The molecule has 0 bridgehead atoms. The molecule has 0 radical (unpaired) electrons. The summed E-state index contributed by atoms with van der Waals surface area (Å²) in [5.41, 5.74) is 3.70. The molecular weight excluding hydrogens is 526 g/mol. The molecule has 1 aliphatic heterocycles. The summed E-state index contributed by atoms with van der Waals surface area (Å²) in [6, 6.07) is 17.0. The van der Waals surface area contributed by atoms with Crippen LogP contribution in [0.25, 0.3) is 17.0 Å². The predicted octanol–water partition coefficient (Wildman–Crippen LogP) is 6.47. The van der Waals surface area contributed by atoms with Gasteiger partial charge in [0.05, 0.1) is 23.5 Å². The maximum absolute atomic E-state index is 13.2. The lowest BCUT2D eigenvalue weighted by Gasteiger charge is -2.12. The van der Waals surface area contributed by atoms with Gasteiger partial charge in [-0.3, -0.25) is 19.3 Å². The summed E-state index contributed by atoms with van der Waals surface area (Å²) in [6.45, 7) is 2.91. The summed E-state index contributed by atoms with van der Waals surface area (Å²) in [6.07, 6.45) is 4.45. The number of hydrogen-bond donors (Lipinski definition) is 1. The number of halogens is 1. The van der Waals surface area contributed by atoms with Crippen LogP contribution in [0.1, 0.15) is 28.5 Å². The quantitative estimate of drug-likeness (QED) is 0.256. The maximum Gasteiger partial charge on any atom is 0.293 e. The van der Waals surface area contributed by atoms with Gasteiger partial charge in [-0.05, 0) is 59.0 Å². The highest BCUT2D eigenvalue weighted by Gasteiger charge is 2.35. The number of rotatable bonds is 8. The highest BCUT2D eigenvalue weighted by molar-refractivity contribution is 8.18. The number of hydrogen-bond acceptors (Lipinski definition) is 5. The molecule has 0 saturated carbocycles. The van der Waals surface area contributed by atoms with Gasteiger partial charge in [-0.15, -0.1) is 11.3 Å². The largest absolute Gasteiger partial charge is 0.350 e. The molecular formula is C28H24ClN3O3S2. The van der Waals surface area contributed by atoms with Crippen LogP contribution in [0, 0.1) is 0 Å². The van der Waals surface area contributed by atoms with Crippen molar-refractivity contribution < 1.29 is 14.4 Å². The maximum atomic E-state index is 13.2. The SMILES string of the molecule is CCc1cccc2c(/C=C3\SC(=O)N(Cc4ccc(Cl)cc4)C3=O)cn(CC(=O)NCc3cccs3)c12. The molecule has 2 aromatic heterocycles. The van der Waals surface area contributed by atoms with Crippen molar-refractivity contribution in [2.75, 3.05) is 0 Å². The summed E-state index contributed by atoms with van der Waals surface area (Å²) in [5.74, 6) is -0.419. The van der Waals surface area contributed by atoms with Crippen LogP contribution in [-0.4, -0.2) is 26.5 Å². The number of nitrogens with one attached hydrogen (secondary N) is 1. The average molecular weight is 550 g/mol. The minimum atomic E-state index is -0.328. The number of benzene rings is 2. The van der Waals surface area contributed by atoms with E-state index in [1.54, 1.807) is 41.7 Å². The third-order valence-electron chi connectivity index (χ3n) is 6.16. The molecule has 5 rings (SSSR count). The van der Waals surface area contributed by atoms with E-state index in [-0.39, 0.29) is 30.1 Å². The van der Waals surface area contributed by atoms with E-state index in [2.05, 4.69) is 12.2 Å². The van der Waals surface area contributed by atoms with Crippen molar-refractivity contribution >= 4 is 68.7 Å². The number of carbonyl (C=O) groups excluding carboxylic acids is 3. The van der Waals surface area contributed by atoms with Crippen molar-refractivity contribution in [2.24, 2.45) is 0 Å². The number of aromatic nitrogens is 1. The molecule has 0 atom stereocenters. The Morgan fingerprint density at radius 2 is 1.89 bits per heavy atom. The zero-order valence-corrected chi connectivity index (χ0v) is 22.5. The number of thiophene rings is 1. The lowest BCUT2D eigenvalue weighted by molar-refractivity contribution is -0.123. The first-order valence-corrected chi connectivity index (χ1v) is 13.9. The molecule has 4 aromatic rings. The van der Waals surface area contributed by atoms with Crippen LogP contribution in [0.5, 0.6) is 0 Å². The van der Waals surface area contributed by atoms with Crippen LogP contribution in [0.15, 0.2) is 71.1 Å². The van der Waals surface area contributed by atoms with Gasteiger partial charge in [0.1, 0.15) is 6.54 Å². The Morgan fingerprint density at radius 3 is 2.62 bits per heavy atom. The molecule has 0 aliphatic carbocycles. The van der Waals surface area contributed by atoms with Gasteiger partial charge in [-0.2, -0.15) is 0 Å². The molecule has 3 amide bonds. The average Bonchev–Trinajstić information content (AvgIpc) is 3.60. The summed E-state index contributed by atoms with van der Waals surface area (Å²) in [5, 5.41) is 6.19. The first-order chi connectivity index (χ1) is 17.9. The molecule has 1 saturated heterocycles. The van der Waals surface area contributed by atoms with Gasteiger partial charge in [-0.1, -0.05) is 54.9 Å². The molecule has 1 fully saturated rings. The van der Waals surface area contributed by atoms with Crippen molar-refractivity contribution in [1.82, 2.24) is 14.8 Å². The monoisotopic (exact) mass is 549 g/mol. The molecule has 3 heterocycles. The second kappa shape index (κ2) is 11.0. The highest BCUT2D eigenvalue weighted by atomic mass is 35.5. The second-order valence-electron chi connectivity index (χ2n) is 8.63. The van der Waals surface area contributed by atoms with Crippen LogP contribution in [-0.2, 0) is 35.6 Å². The Kier molecular flexibility index (Phi) is 7.50. The predicted molar refractivity (Wildman–Crippen MR) is 150 cm³/mol. The number of nitrogens with zero attached hydrogens (tertiary/aromatic N) is 2. The normalized spacial score (nSPS) is 14.8. The number of imide groups is 1. The molecule has 1 N–H and O–H groups in total. The van der Waals surface area contributed by atoms with Crippen molar-refractivity contribution in [3.05, 3.63) is 97.7 Å². The van der Waals surface area contributed by atoms with E-state index < -0.39 is 0 Å². The number of carbonyl (C=O) groups is 3. The zero-order valence-electron chi connectivity index (χ0n) is 20.1. The molecule has 9 heteroatoms. The lowest BCUT2D eigenvalue weighted by Crippen LogP contribution is -2.27. The van der Waals surface area contributed by atoms with Crippen LogP contribution >= 0.6 is 34.7 Å². The number of aryl methyl sites for hydroxylation is 1. The van der Waals surface area contributed by atoms with Gasteiger partial charge in [0.2, 0.25) is 5.91 Å². The Hall–Kier alpha value is -3.33. The van der Waals surface area contributed by atoms with Gasteiger partial charge < -0.3 is 9.88 Å². The standard InChI is InChI=1S/C28H24ClN3O3S2/c1-2-19-5-3-7-23-20(16-31(26(19)23)17-25(33)30-14-22-6-4-12-36-22)13-24-27(34)32(28(35)37-24)15-18-8-10-21(29)11-9-18/h3-13,16H,2,14-15,17H2,1H3,(H,30,33)/b24-13-. The summed E-state index contributed by atoms with van der Waals surface area (Å²) >= 11 is 8.49. The summed E-state index contributed by atoms with van der Waals surface area (Å²) < 4.78 is 1.93. The topological polar surface area (TPSA) is 71.4 Å². The summed E-state index contributed by atoms with van der Waals surface area (Å²) in [4.78, 5) is 41.3. The molecule has 0 spiro atoms. The van der Waals surface area contributed by atoms with Gasteiger partial charge in [0.25, 0.3) is 11.1 Å². The van der Waals surface area contributed by atoms with E-state index in [4.69, 9.17) is 11.6 Å². The Bertz CT molecular complexity index is 1510. The van der Waals surface area contributed by atoms with Gasteiger partial charge >= 0.3 is 0 Å². The van der Waals surface area contributed by atoms with Crippen molar-refractivity contribution in [3.8, 4) is 0 Å². The van der Waals surface area contributed by atoms with E-state index >= 15 is 0 Å². The third kappa shape index (κ3) is 5.51. The molecule has 1 aliphatic rings. The molecule has 188 valence electrons. The Labute approximate surface area is 227 Å². The second-order valence-corrected chi connectivity index (χ2v) is 11.1. The molecule has 2 aromatic carbocycles. The number of fused-ring (bicyclic) bond motifs is 1. The first-order valence-electron chi connectivity index (χ1n) is 11.8. The van der Waals surface area contributed by atoms with Crippen molar-refractivity contribution in [3.63, 3.8) is 0 Å². The lowest BCUT2D eigenvalue weighted by atomic mass is 10.1. The van der Waals surface area contributed by atoms with E-state index in [1.165, 1.54) is 4.90 Å². The molecule has 0 unspecified atom stereocenters. The molecule has 37 heavy (non-hydrogen) atoms. The third-order valence-corrected chi connectivity index (χ3v) is 8.20. The van der Waals surface area contributed by atoms with E-state index in [1.807, 2.05) is 46.5 Å². The highest BCUT2D eigenvalue weighted by Crippen LogP contribution is 2.35. The van der Waals surface area contributed by atoms with Crippen LogP contribution in [0.2, 0.25) is 5.02 Å². The minimum absolute atomic E-state index is 0.0916. The molecule has 6 nitrogen and oxygen atoms in total. The first kappa shape index (κ1) is 25.3. The number of thioether (sulfide) groups is 1. The van der Waals surface area contributed by atoms with Crippen LogP contribution in [0.4, 0.5) is 4.79 Å². The Morgan fingerprint density at radius 1 is 1.08 bits per heavy atom.